The van der Waals surface area contributed by atoms with E-state index < -0.39 is 0 Å². The molecule has 1 aromatic rings. The van der Waals surface area contributed by atoms with E-state index in [4.69, 9.17) is 11.6 Å². The van der Waals surface area contributed by atoms with Crippen molar-refractivity contribution in [2.45, 2.75) is 58.7 Å². The number of aryl methyl sites for hydroxylation is 2. The summed E-state index contributed by atoms with van der Waals surface area (Å²) in [6, 6.07) is 2.99. The van der Waals surface area contributed by atoms with Crippen LogP contribution in [0.3, 0.4) is 0 Å². The monoisotopic (exact) mass is 269 g/mol. The Kier molecular flexibility index (Phi) is 5.07. The van der Waals surface area contributed by atoms with Crippen molar-refractivity contribution in [1.29, 1.82) is 0 Å². The van der Waals surface area contributed by atoms with Gasteiger partial charge in [-0.2, -0.15) is 5.10 Å². The van der Waals surface area contributed by atoms with Crippen molar-refractivity contribution in [2.24, 2.45) is 0 Å². The maximum absolute atomic E-state index is 5.83. The standard InChI is InChI=1S/C14H24ClN3/c1-3-18-14(10-12(2)16-18)11-17(9-5-8-15)13-6-4-7-13/h10,13H,3-9,11H2,1-2H3. The Balaban J connectivity index is 2.01. The zero-order valence-corrected chi connectivity index (χ0v) is 12.3. The van der Waals surface area contributed by atoms with Gasteiger partial charge in [-0.1, -0.05) is 6.42 Å². The van der Waals surface area contributed by atoms with Crippen LogP contribution in [-0.2, 0) is 13.1 Å². The number of hydrogen-bond acceptors (Lipinski definition) is 2. The van der Waals surface area contributed by atoms with Crippen molar-refractivity contribution in [1.82, 2.24) is 14.7 Å². The Morgan fingerprint density at radius 2 is 2.28 bits per heavy atom. The second-order valence-corrected chi connectivity index (χ2v) is 5.57. The highest BCUT2D eigenvalue weighted by atomic mass is 35.5. The lowest BCUT2D eigenvalue weighted by Gasteiger charge is -2.37. The molecule has 0 radical (unpaired) electrons. The zero-order valence-electron chi connectivity index (χ0n) is 11.5. The van der Waals surface area contributed by atoms with Crippen molar-refractivity contribution in [3.63, 3.8) is 0 Å². The van der Waals surface area contributed by atoms with Gasteiger partial charge in [0.05, 0.1) is 11.4 Å². The second-order valence-electron chi connectivity index (χ2n) is 5.19. The molecule has 1 saturated carbocycles. The Morgan fingerprint density at radius 3 is 2.83 bits per heavy atom. The molecule has 4 heteroatoms. The normalized spacial score (nSPS) is 16.2. The summed E-state index contributed by atoms with van der Waals surface area (Å²) in [5, 5.41) is 4.53. The summed E-state index contributed by atoms with van der Waals surface area (Å²) in [7, 11) is 0. The average Bonchev–Trinajstić information content (AvgIpc) is 2.64. The molecule has 0 N–H and O–H groups in total. The molecular formula is C14H24ClN3. The fraction of sp³-hybridized carbons (Fsp3) is 0.786. The summed E-state index contributed by atoms with van der Waals surface area (Å²) >= 11 is 5.83. The lowest BCUT2D eigenvalue weighted by atomic mass is 9.91. The van der Waals surface area contributed by atoms with Gasteiger partial charge in [-0.25, -0.2) is 0 Å². The predicted octanol–water partition coefficient (Wildman–Crippen LogP) is 3.19. The molecular weight excluding hydrogens is 246 g/mol. The zero-order chi connectivity index (χ0) is 13.0. The smallest absolute Gasteiger partial charge is 0.0597 e. The van der Waals surface area contributed by atoms with E-state index >= 15 is 0 Å². The van der Waals surface area contributed by atoms with E-state index in [1.165, 1.54) is 25.0 Å². The average molecular weight is 270 g/mol. The molecule has 0 bridgehead atoms. The first-order valence-electron chi connectivity index (χ1n) is 7.08. The van der Waals surface area contributed by atoms with Gasteiger partial charge in [0.2, 0.25) is 0 Å². The molecule has 0 aliphatic heterocycles. The number of nitrogens with zero attached hydrogens (tertiary/aromatic N) is 3. The molecule has 1 aliphatic rings. The summed E-state index contributed by atoms with van der Waals surface area (Å²) in [5.41, 5.74) is 2.47. The molecule has 1 heterocycles. The molecule has 18 heavy (non-hydrogen) atoms. The quantitative estimate of drug-likeness (QED) is 0.709. The van der Waals surface area contributed by atoms with Crippen LogP contribution in [0.15, 0.2) is 6.07 Å². The highest BCUT2D eigenvalue weighted by molar-refractivity contribution is 6.17. The van der Waals surface area contributed by atoms with Crippen LogP contribution in [0.4, 0.5) is 0 Å². The summed E-state index contributed by atoms with van der Waals surface area (Å²) < 4.78 is 2.13. The van der Waals surface area contributed by atoms with E-state index in [9.17, 15) is 0 Å². The van der Waals surface area contributed by atoms with E-state index in [1.807, 2.05) is 0 Å². The van der Waals surface area contributed by atoms with Gasteiger partial charge in [-0.3, -0.25) is 9.58 Å². The van der Waals surface area contributed by atoms with Crippen LogP contribution < -0.4 is 0 Å². The molecule has 3 nitrogen and oxygen atoms in total. The predicted molar refractivity (Wildman–Crippen MR) is 76.0 cm³/mol. The Morgan fingerprint density at radius 1 is 1.50 bits per heavy atom. The lowest BCUT2D eigenvalue weighted by Crippen LogP contribution is -2.40. The molecule has 1 fully saturated rings. The van der Waals surface area contributed by atoms with Gasteiger partial charge in [-0.05, 0) is 45.7 Å². The van der Waals surface area contributed by atoms with Gasteiger partial charge in [0.25, 0.3) is 0 Å². The van der Waals surface area contributed by atoms with E-state index in [0.29, 0.717) is 0 Å². The van der Waals surface area contributed by atoms with E-state index in [1.54, 1.807) is 0 Å². The Bertz CT molecular complexity index is 371. The first-order chi connectivity index (χ1) is 8.74. The van der Waals surface area contributed by atoms with Gasteiger partial charge in [0.15, 0.2) is 0 Å². The first-order valence-corrected chi connectivity index (χ1v) is 7.61. The number of aromatic nitrogens is 2. The van der Waals surface area contributed by atoms with Crippen molar-refractivity contribution < 1.29 is 0 Å². The molecule has 0 spiro atoms. The van der Waals surface area contributed by atoms with Crippen molar-refractivity contribution in [2.75, 3.05) is 12.4 Å². The third kappa shape index (κ3) is 3.27. The SMILES string of the molecule is CCn1nc(C)cc1CN(CCCCl)C1CCC1. The molecule has 0 aromatic carbocycles. The number of rotatable bonds is 7. The highest BCUT2D eigenvalue weighted by Crippen LogP contribution is 2.26. The van der Waals surface area contributed by atoms with Crippen molar-refractivity contribution in [3.05, 3.63) is 17.5 Å². The van der Waals surface area contributed by atoms with Gasteiger partial charge in [0.1, 0.15) is 0 Å². The van der Waals surface area contributed by atoms with Crippen LogP contribution >= 0.6 is 11.6 Å². The largest absolute Gasteiger partial charge is 0.295 e. The summed E-state index contributed by atoms with van der Waals surface area (Å²) in [6.07, 6.45) is 5.16. The molecule has 102 valence electrons. The third-order valence-electron chi connectivity index (χ3n) is 3.82. The fourth-order valence-electron chi connectivity index (χ4n) is 2.61. The minimum Gasteiger partial charge on any atom is -0.295 e. The molecule has 0 atom stereocenters. The van der Waals surface area contributed by atoms with Crippen LogP contribution in [-0.4, -0.2) is 33.1 Å². The van der Waals surface area contributed by atoms with Crippen LogP contribution in [0.25, 0.3) is 0 Å². The molecule has 1 aliphatic carbocycles. The maximum Gasteiger partial charge on any atom is 0.0597 e. The van der Waals surface area contributed by atoms with E-state index in [0.717, 1.165) is 43.7 Å². The summed E-state index contributed by atoms with van der Waals surface area (Å²) in [4.78, 5) is 2.59. The Labute approximate surface area is 115 Å². The minimum absolute atomic E-state index is 0.759. The van der Waals surface area contributed by atoms with Gasteiger partial charge in [-0.15, -0.1) is 11.6 Å². The topological polar surface area (TPSA) is 21.1 Å². The Hall–Kier alpha value is -0.540. The van der Waals surface area contributed by atoms with Crippen molar-refractivity contribution >= 4 is 11.6 Å². The fourth-order valence-corrected chi connectivity index (χ4v) is 2.73. The summed E-state index contributed by atoms with van der Waals surface area (Å²) in [5.74, 6) is 0.759. The van der Waals surface area contributed by atoms with E-state index in [-0.39, 0.29) is 0 Å². The van der Waals surface area contributed by atoms with Crippen LogP contribution in [0.5, 0.6) is 0 Å². The van der Waals surface area contributed by atoms with Crippen LogP contribution in [0.1, 0.15) is 44.0 Å². The van der Waals surface area contributed by atoms with Crippen LogP contribution in [0.2, 0.25) is 0 Å². The summed E-state index contributed by atoms with van der Waals surface area (Å²) in [6.45, 7) is 7.32. The second kappa shape index (κ2) is 6.58. The molecule has 0 amide bonds. The highest BCUT2D eigenvalue weighted by Gasteiger charge is 2.25. The first kappa shape index (κ1) is 13.9. The van der Waals surface area contributed by atoms with E-state index in [2.05, 4.69) is 34.6 Å². The molecule has 0 saturated heterocycles. The lowest BCUT2D eigenvalue weighted by molar-refractivity contribution is 0.116. The third-order valence-corrected chi connectivity index (χ3v) is 4.09. The van der Waals surface area contributed by atoms with Gasteiger partial charge >= 0.3 is 0 Å². The van der Waals surface area contributed by atoms with Gasteiger partial charge < -0.3 is 0 Å². The number of hydrogen-bond donors (Lipinski definition) is 0. The number of halogens is 1. The van der Waals surface area contributed by atoms with Gasteiger partial charge in [0, 0.05) is 25.0 Å². The maximum atomic E-state index is 5.83. The van der Waals surface area contributed by atoms with Crippen LogP contribution in [0, 0.1) is 6.92 Å². The number of alkyl halides is 1. The molecule has 1 aromatic heterocycles. The van der Waals surface area contributed by atoms with Crippen molar-refractivity contribution in [3.8, 4) is 0 Å². The molecule has 2 rings (SSSR count). The minimum atomic E-state index is 0.759. The molecule has 0 unspecified atom stereocenters.